The molecule has 2 heterocycles. The number of carbonyl (C=O) groups is 1. The van der Waals surface area contributed by atoms with E-state index in [2.05, 4.69) is 10.3 Å². The Morgan fingerprint density at radius 2 is 2.07 bits per heavy atom. The third-order valence-corrected chi connectivity index (χ3v) is 4.88. The number of amides is 1. The molecule has 3 aromatic rings. The van der Waals surface area contributed by atoms with Gasteiger partial charge in [-0.05, 0) is 43.5 Å². The van der Waals surface area contributed by atoms with Crippen LogP contribution in [-0.2, 0) is 4.74 Å². The number of para-hydroxylation sites is 1. The summed E-state index contributed by atoms with van der Waals surface area (Å²) in [7, 11) is 0. The third-order valence-electron chi connectivity index (χ3n) is 4.88. The van der Waals surface area contributed by atoms with Crippen LogP contribution >= 0.6 is 0 Å². The van der Waals surface area contributed by atoms with Crippen molar-refractivity contribution in [2.75, 3.05) is 13.2 Å². The van der Waals surface area contributed by atoms with Gasteiger partial charge in [0.05, 0.1) is 17.2 Å². The summed E-state index contributed by atoms with van der Waals surface area (Å²) in [6.45, 7) is 3.15. The van der Waals surface area contributed by atoms with Crippen LogP contribution in [0.5, 0.6) is 0 Å². The molecule has 0 saturated carbocycles. The van der Waals surface area contributed by atoms with Crippen LogP contribution in [0.2, 0.25) is 0 Å². The maximum Gasteiger partial charge on any atom is 0.252 e. The van der Waals surface area contributed by atoms with Crippen molar-refractivity contribution in [2.45, 2.75) is 25.9 Å². The van der Waals surface area contributed by atoms with Gasteiger partial charge in [0.1, 0.15) is 5.82 Å². The summed E-state index contributed by atoms with van der Waals surface area (Å²) in [5.41, 5.74) is 3.85. The lowest BCUT2D eigenvalue weighted by molar-refractivity contribution is 0.0859. The van der Waals surface area contributed by atoms with Gasteiger partial charge in [0, 0.05) is 29.8 Å². The number of carbonyl (C=O) groups excluding carboxylic acids is 1. The third kappa shape index (κ3) is 3.69. The first-order chi connectivity index (χ1) is 13.1. The number of benzene rings is 2. The summed E-state index contributed by atoms with van der Waals surface area (Å²) in [5.74, 6) is -0.408. The van der Waals surface area contributed by atoms with Gasteiger partial charge in [-0.25, -0.2) is 4.39 Å². The van der Waals surface area contributed by atoms with E-state index in [4.69, 9.17) is 4.74 Å². The summed E-state index contributed by atoms with van der Waals surface area (Å²) < 4.78 is 18.9. The minimum absolute atomic E-state index is 0.0953. The number of pyridine rings is 1. The zero-order valence-electron chi connectivity index (χ0n) is 15.2. The normalized spacial score (nSPS) is 16.6. The summed E-state index contributed by atoms with van der Waals surface area (Å²) in [6, 6.07) is 13.9. The van der Waals surface area contributed by atoms with Crippen LogP contribution in [0.3, 0.4) is 0 Å². The van der Waals surface area contributed by atoms with Gasteiger partial charge in [-0.15, -0.1) is 0 Å². The molecule has 0 spiro atoms. The average Bonchev–Trinajstić information content (AvgIpc) is 3.19. The van der Waals surface area contributed by atoms with Crippen molar-refractivity contribution in [2.24, 2.45) is 0 Å². The molecule has 1 N–H and O–H groups in total. The van der Waals surface area contributed by atoms with E-state index < -0.39 is 0 Å². The van der Waals surface area contributed by atoms with E-state index in [9.17, 15) is 9.18 Å². The van der Waals surface area contributed by atoms with Crippen molar-refractivity contribution < 1.29 is 13.9 Å². The molecule has 27 heavy (non-hydrogen) atoms. The average molecular weight is 364 g/mol. The highest BCUT2D eigenvalue weighted by Crippen LogP contribution is 2.30. The number of aryl methyl sites for hydroxylation is 1. The number of aromatic nitrogens is 1. The van der Waals surface area contributed by atoms with Crippen LogP contribution < -0.4 is 5.32 Å². The SMILES string of the molecule is Cc1cc(C(=O)NCC2CCCO2)c2cccc(-c3ccc(F)cc3)c2n1. The molecular weight excluding hydrogens is 343 g/mol. The second kappa shape index (κ2) is 7.45. The Hall–Kier alpha value is -2.79. The zero-order valence-corrected chi connectivity index (χ0v) is 15.2. The summed E-state index contributed by atoms with van der Waals surface area (Å²) >= 11 is 0. The Kier molecular flexibility index (Phi) is 4.86. The molecule has 1 atom stereocenters. The Labute approximate surface area is 157 Å². The van der Waals surface area contributed by atoms with Crippen molar-refractivity contribution in [3.8, 4) is 11.1 Å². The highest BCUT2D eigenvalue weighted by molar-refractivity contribution is 6.09. The van der Waals surface area contributed by atoms with Crippen LogP contribution in [0.15, 0.2) is 48.5 Å². The minimum Gasteiger partial charge on any atom is -0.376 e. The second-order valence-electron chi connectivity index (χ2n) is 6.86. The van der Waals surface area contributed by atoms with E-state index in [1.165, 1.54) is 12.1 Å². The molecular formula is C22H21FN2O2. The molecule has 0 bridgehead atoms. The highest BCUT2D eigenvalue weighted by Gasteiger charge is 2.19. The van der Waals surface area contributed by atoms with E-state index in [-0.39, 0.29) is 17.8 Å². The van der Waals surface area contributed by atoms with Gasteiger partial charge in [-0.1, -0.05) is 30.3 Å². The molecule has 1 fully saturated rings. The molecule has 5 heteroatoms. The number of nitrogens with one attached hydrogen (secondary N) is 1. The van der Waals surface area contributed by atoms with E-state index in [1.807, 2.05) is 31.2 Å². The monoisotopic (exact) mass is 364 g/mol. The van der Waals surface area contributed by atoms with Crippen molar-refractivity contribution >= 4 is 16.8 Å². The lowest BCUT2D eigenvalue weighted by Gasteiger charge is -2.14. The van der Waals surface area contributed by atoms with Gasteiger partial charge in [0.25, 0.3) is 5.91 Å². The van der Waals surface area contributed by atoms with E-state index in [0.717, 1.165) is 47.2 Å². The van der Waals surface area contributed by atoms with Gasteiger partial charge in [0.15, 0.2) is 0 Å². The fourth-order valence-electron chi connectivity index (χ4n) is 3.53. The first kappa shape index (κ1) is 17.6. The number of hydrogen-bond donors (Lipinski definition) is 1. The molecule has 2 aromatic carbocycles. The predicted molar refractivity (Wildman–Crippen MR) is 103 cm³/mol. The lowest BCUT2D eigenvalue weighted by Crippen LogP contribution is -2.32. The van der Waals surface area contributed by atoms with Crippen LogP contribution in [0.4, 0.5) is 4.39 Å². The number of fused-ring (bicyclic) bond motifs is 1. The first-order valence-corrected chi connectivity index (χ1v) is 9.18. The van der Waals surface area contributed by atoms with Crippen LogP contribution in [-0.4, -0.2) is 30.1 Å². The molecule has 1 saturated heterocycles. The van der Waals surface area contributed by atoms with Crippen LogP contribution in [0.1, 0.15) is 28.9 Å². The second-order valence-corrected chi connectivity index (χ2v) is 6.86. The van der Waals surface area contributed by atoms with Gasteiger partial charge < -0.3 is 10.1 Å². The summed E-state index contributed by atoms with van der Waals surface area (Å²) in [6.07, 6.45) is 2.11. The number of ether oxygens (including phenoxy) is 1. The van der Waals surface area contributed by atoms with Gasteiger partial charge in [-0.3, -0.25) is 9.78 Å². The predicted octanol–water partition coefficient (Wildman–Crippen LogP) is 4.26. The fourth-order valence-corrected chi connectivity index (χ4v) is 3.53. The minimum atomic E-state index is -0.280. The molecule has 1 aromatic heterocycles. The number of rotatable bonds is 4. The van der Waals surface area contributed by atoms with E-state index in [0.29, 0.717) is 12.1 Å². The quantitative estimate of drug-likeness (QED) is 0.753. The number of nitrogens with zero attached hydrogens (tertiary/aromatic N) is 1. The Bertz CT molecular complexity index is 980. The van der Waals surface area contributed by atoms with Crippen molar-refractivity contribution in [3.63, 3.8) is 0 Å². The standard InChI is InChI=1S/C22H21FN2O2/c1-14-12-20(22(26)24-13-17-4-3-11-27-17)19-6-2-5-18(21(19)25-14)15-7-9-16(23)10-8-15/h2,5-10,12,17H,3-4,11,13H2,1H3,(H,24,26). The Balaban J connectivity index is 1.72. The Morgan fingerprint density at radius 3 is 2.81 bits per heavy atom. The van der Waals surface area contributed by atoms with E-state index in [1.54, 1.807) is 12.1 Å². The maximum atomic E-state index is 13.3. The van der Waals surface area contributed by atoms with Crippen molar-refractivity contribution in [3.05, 3.63) is 65.6 Å². The summed E-state index contributed by atoms with van der Waals surface area (Å²) in [4.78, 5) is 17.5. The highest BCUT2D eigenvalue weighted by atomic mass is 19.1. The van der Waals surface area contributed by atoms with Crippen LogP contribution in [0.25, 0.3) is 22.0 Å². The number of halogens is 1. The molecule has 0 aliphatic carbocycles. The molecule has 4 nitrogen and oxygen atoms in total. The number of hydrogen-bond acceptors (Lipinski definition) is 3. The smallest absolute Gasteiger partial charge is 0.252 e. The first-order valence-electron chi connectivity index (χ1n) is 9.18. The van der Waals surface area contributed by atoms with Gasteiger partial charge in [0.2, 0.25) is 0 Å². The van der Waals surface area contributed by atoms with Crippen molar-refractivity contribution in [1.82, 2.24) is 10.3 Å². The summed E-state index contributed by atoms with van der Waals surface area (Å²) in [5, 5.41) is 3.77. The topological polar surface area (TPSA) is 51.2 Å². The molecule has 1 unspecified atom stereocenters. The largest absolute Gasteiger partial charge is 0.376 e. The molecule has 138 valence electrons. The van der Waals surface area contributed by atoms with Crippen LogP contribution in [0, 0.1) is 12.7 Å². The van der Waals surface area contributed by atoms with Crippen molar-refractivity contribution in [1.29, 1.82) is 0 Å². The fraction of sp³-hybridized carbons (Fsp3) is 0.273. The Morgan fingerprint density at radius 1 is 1.26 bits per heavy atom. The molecule has 0 radical (unpaired) electrons. The molecule has 1 aliphatic heterocycles. The molecule has 1 amide bonds. The van der Waals surface area contributed by atoms with Gasteiger partial charge >= 0.3 is 0 Å². The molecule has 4 rings (SSSR count). The lowest BCUT2D eigenvalue weighted by atomic mass is 9.98. The molecule has 1 aliphatic rings. The maximum absolute atomic E-state index is 13.3. The zero-order chi connectivity index (χ0) is 18.8. The van der Waals surface area contributed by atoms with Gasteiger partial charge in [-0.2, -0.15) is 0 Å². The van der Waals surface area contributed by atoms with E-state index >= 15 is 0 Å².